The Morgan fingerprint density at radius 1 is 1.26 bits per heavy atom. The van der Waals surface area contributed by atoms with Crippen molar-refractivity contribution in [1.29, 1.82) is 0 Å². The van der Waals surface area contributed by atoms with E-state index in [0.29, 0.717) is 6.42 Å². The fourth-order valence-electron chi connectivity index (χ4n) is 1.30. The number of benzene rings is 1. The maximum atomic E-state index is 12.7. The largest absolute Gasteiger partial charge is 0.350 e. The number of rotatable bonds is 6. The molecule has 0 aliphatic carbocycles. The summed E-state index contributed by atoms with van der Waals surface area (Å²) in [4.78, 5) is 11.3. The molecule has 0 spiro atoms. The van der Waals surface area contributed by atoms with E-state index < -0.39 is 24.9 Å². The van der Waals surface area contributed by atoms with Gasteiger partial charge in [-0.1, -0.05) is 12.1 Å². The zero-order valence-electron chi connectivity index (χ0n) is 10.2. The van der Waals surface area contributed by atoms with Crippen molar-refractivity contribution >= 4 is 18.3 Å². The average molecular weight is 297 g/mol. The first kappa shape index (κ1) is 17.7. The van der Waals surface area contributed by atoms with Crippen LogP contribution in [0.2, 0.25) is 0 Å². The Balaban J connectivity index is 0.00000324. The Morgan fingerprint density at radius 3 is 2.37 bits per heavy atom. The number of aryl methyl sites for hydroxylation is 1. The Bertz CT molecular complexity index is 398. The highest BCUT2D eigenvalue weighted by Gasteiger charge is 2.26. The molecule has 0 aliphatic heterocycles. The van der Waals surface area contributed by atoms with Gasteiger partial charge in [0.25, 0.3) is 5.92 Å². The van der Waals surface area contributed by atoms with Crippen LogP contribution in [0.1, 0.15) is 12.0 Å². The second-order valence-electron chi connectivity index (χ2n) is 3.96. The van der Waals surface area contributed by atoms with Gasteiger partial charge in [-0.25, -0.2) is 13.2 Å². The molecule has 3 nitrogen and oxygen atoms in total. The second-order valence-corrected chi connectivity index (χ2v) is 3.96. The third-order valence-electron chi connectivity index (χ3n) is 2.40. The number of nitrogens with one attached hydrogen (secondary N) is 1. The molecule has 7 heteroatoms. The average Bonchev–Trinajstić information content (AvgIpc) is 2.36. The highest BCUT2D eigenvalue weighted by molar-refractivity contribution is 5.85. The molecule has 0 bridgehead atoms. The first-order chi connectivity index (χ1) is 8.43. The van der Waals surface area contributed by atoms with Gasteiger partial charge in [0.2, 0.25) is 5.91 Å². The van der Waals surface area contributed by atoms with Gasteiger partial charge in [0.1, 0.15) is 5.82 Å². The number of carbonyl (C=O) groups is 1. The monoisotopic (exact) mass is 296 g/mol. The summed E-state index contributed by atoms with van der Waals surface area (Å²) in [5, 5.41) is 2.11. The number of carbonyl (C=O) groups excluding carboxylic acids is 1. The van der Waals surface area contributed by atoms with Crippen LogP contribution in [0, 0.1) is 5.82 Å². The van der Waals surface area contributed by atoms with E-state index in [1.807, 2.05) is 0 Å². The Kier molecular flexibility index (Phi) is 7.48. The van der Waals surface area contributed by atoms with Crippen LogP contribution in [0.4, 0.5) is 13.2 Å². The molecule has 1 rings (SSSR count). The van der Waals surface area contributed by atoms with E-state index in [1.165, 1.54) is 12.1 Å². The van der Waals surface area contributed by atoms with Crippen LogP contribution in [-0.2, 0) is 11.2 Å². The van der Waals surface area contributed by atoms with Gasteiger partial charge in [0.05, 0.1) is 13.1 Å². The van der Waals surface area contributed by atoms with Gasteiger partial charge in [0.15, 0.2) is 0 Å². The van der Waals surface area contributed by atoms with E-state index in [-0.39, 0.29) is 24.6 Å². The van der Waals surface area contributed by atoms with Crippen molar-refractivity contribution in [3.8, 4) is 0 Å². The lowest BCUT2D eigenvalue weighted by Crippen LogP contribution is -2.41. The summed E-state index contributed by atoms with van der Waals surface area (Å²) in [7, 11) is 0. The molecule has 3 N–H and O–H groups in total. The molecule has 0 aliphatic rings. The summed E-state index contributed by atoms with van der Waals surface area (Å²) in [6.07, 6.45) is 0.451. The number of nitrogens with two attached hydrogens (primary N) is 1. The van der Waals surface area contributed by atoms with Crippen molar-refractivity contribution < 1.29 is 18.0 Å². The van der Waals surface area contributed by atoms with Crippen LogP contribution in [0.3, 0.4) is 0 Å². The molecule has 1 aromatic rings. The standard InChI is InChI=1S/C12H15F3N2O.ClH/c13-10-4-1-9(2-5-10)3-6-11(18)17-8-12(14,15)7-16;/h1-2,4-5H,3,6-8,16H2,(H,17,18);1H. The van der Waals surface area contributed by atoms with Gasteiger partial charge >= 0.3 is 0 Å². The van der Waals surface area contributed by atoms with E-state index >= 15 is 0 Å². The predicted molar refractivity (Wildman–Crippen MR) is 69.0 cm³/mol. The molecule has 0 fully saturated rings. The van der Waals surface area contributed by atoms with Crippen LogP contribution in [0.5, 0.6) is 0 Å². The van der Waals surface area contributed by atoms with Gasteiger partial charge in [-0.05, 0) is 24.1 Å². The minimum absolute atomic E-state index is 0. The van der Waals surface area contributed by atoms with Crippen molar-refractivity contribution in [1.82, 2.24) is 5.32 Å². The minimum atomic E-state index is -3.08. The van der Waals surface area contributed by atoms with Crippen LogP contribution in [-0.4, -0.2) is 24.9 Å². The highest BCUT2D eigenvalue weighted by atomic mass is 35.5. The molecule has 0 saturated heterocycles. The lowest BCUT2D eigenvalue weighted by molar-refractivity contribution is -0.122. The Labute approximate surface area is 115 Å². The van der Waals surface area contributed by atoms with Gasteiger partial charge in [-0.15, -0.1) is 12.4 Å². The zero-order valence-corrected chi connectivity index (χ0v) is 11.0. The van der Waals surface area contributed by atoms with Crippen LogP contribution in [0.25, 0.3) is 0 Å². The molecular weight excluding hydrogens is 281 g/mol. The third-order valence-corrected chi connectivity index (χ3v) is 2.40. The molecule has 0 saturated carbocycles. The lowest BCUT2D eigenvalue weighted by Gasteiger charge is -2.14. The zero-order chi connectivity index (χ0) is 13.6. The van der Waals surface area contributed by atoms with Crippen molar-refractivity contribution in [2.45, 2.75) is 18.8 Å². The van der Waals surface area contributed by atoms with E-state index in [0.717, 1.165) is 5.56 Å². The number of alkyl halides is 2. The first-order valence-corrected chi connectivity index (χ1v) is 5.52. The minimum Gasteiger partial charge on any atom is -0.350 e. The molecule has 0 radical (unpaired) electrons. The maximum Gasteiger partial charge on any atom is 0.277 e. The number of hydrogen-bond donors (Lipinski definition) is 2. The van der Waals surface area contributed by atoms with E-state index in [2.05, 4.69) is 5.32 Å². The van der Waals surface area contributed by atoms with Gasteiger partial charge < -0.3 is 11.1 Å². The number of halogens is 4. The molecular formula is C12H16ClF3N2O. The van der Waals surface area contributed by atoms with E-state index in [4.69, 9.17) is 5.73 Å². The third kappa shape index (κ3) is 7.03. The molecule has 0 atom stereocenters. The molecule has 0 heterocycles. The topological polar surface area (TPSA) is 55.1 Å². The quantitative estimate of drug-likeness (QED) is 0.842. The second kappa shape index (κ2) is 8.01. The van der Waals surface area contributed by atoms with E-state index in [1.54, 1.807) is 12.1 Å². The normalized spacial score (nSPS) is 10.7. The first-order valence-electron chi connectivity index (χ1n) is 5.52. The SMILES string of the molecule is Cl.NCC(F)(F)CNC(=O)CCc1ccc(F)cc1. The predicted octanol–water partition coefficient (Wildman–Crippen LogP) is 1.89. The molecule has 0 aromatic heterocycles. The molecule has 0 unspecified atom stereocenters. The molecule has 108 valence electrons. The molecule has 19 heavy (non-hydrogen) atoms. The highest BCUT2D eigenvalue weighted by Crippen LogP contribution is 2.09. The van der Waals surface area contributed by atoms with Crippen molar-refractivity contribution in [3.05, 3.63) is 35.6 Å². The number of amides is 1. The lowest BCUT2D eigenvalue weighted by atomic mass is 10.1. The molecule has 1 amide bonds. The van der Waals surface area contributed by atoms with Gasteiger partial charge in [-0.3, -0.25) is 4.79 Å². The fraction of sp³-hybridized carbons (Fsp3) is 0.417. The van der Waals surface area contributed by atoms with Crippen molar-refractivity contribution in [2.75, 3.05) is 13.1 Å². The van der Waals surface area contributed by atoms with E-state index in [9.17, 15) is 18.0 Å². The summed E-state index contributed by atoms with van der Waals surface area (Å²) in [5.41, 5.74) is 5.61. The van der Waals surface area contributed by atoms with Crippen molar-refractivity contribution in [3.63, 3.8) is 0 Å². The maximum absolute atomic E-state index is 12.7. The van der Waals surface area contributed by atoms with Crippen molar-refractivity contribution in [2.24, 2.45) is 5.73 Å². The summed E-state index contributed by atoms with van der Waals surface area (Å²) >= 11 is 0. The summed E-state index contributed by atoms with van der Waals surface area (Å²) < 4.78 is 38.1. The summed E-state index contributed by atoms with van der Waals surface area (Å²) in [6, 6.07) is 5.68. The smallest absolute Gasteiger partial charge is 0.277 e. The van der Waals surface area contributed by atoms with Crippen LogP contribution < -0.4 is 11.1 Å². The van der Waals surface area contributed by atoms with Gasteiger partial charge in [-0.2, -0.15) is 0 Å². The van der Waals surface area contributed by atoms with Crippen LogP contribution in [0.15, 0.2) is 24.3 Å². The van der Waals surface area contributed by atoms with Crippen LogP contribution >= 0.6 is 12.4 Å². The fourth-order valence-corrected chi connectivity index (χ4v) is 1.30. The molecule has 1 aromatic carbocycles. The Hall–Kier alpha value is -1.27. The summed E-state index contributed by atoms with van der Waals surface area (Å²) in [6.45, 7) is -1.56. The number of hydrogen-bond acceptors (Lipinski definition) is 2. The summed E-state index contributed by atoms with van der Waals surface area (Å²) in [5.74, 6) is -3.91. The van der Waals surface area contributed by atoms with Gasteiger partial charge in [0, 0.05) is 6.42 Å². The Morgan fingerprint density at radius 2 is 1.84 bits per heavy atom.